The predicted octanol–water partition coefficient (Wildman–Crippen LogP) is 6.62. The number of epoxide rings is 1. The lowest BCUT2D eigenvalue weighted by molar-refractivity contribution is -0.115. The van der Waals surface area contributed by atoms with E-state index in [4.69, 9.17) is 4.74 Å². The van der Waals surface area contributed by atoms with Gasteiger partial charge in [0.2, 0.25) is 0 Å². The van der Waals surface area contributed by atoms with Crippen LogP contribution >= 0.6 is 0 Å². The van der Waals surface area contributed by atoms with Crippen LogP contribution in [0, 0.1) is 52.3 Å². The van der Waals surface area contributed by atoms with Crippen LogP contribution in [-0.2, 0) is 4.74 Å². The zero-order valence-electron chi connectivity index (χ0n) is 20.4. The van der Waals surface area contributed by atoms with Crippen LogP contribution in [0.2, 0.25) is 0 Å². The molecule has 1 N–H and O–H groups in total. The molecule has 5 aliphatic rings. The molecule has 1 heterocycles. The molecule has 0 aromatic heterocycles. The first kappa shape index (κ1) is 21.5. The molecule has 4 saturated carbocycles. The summed E-state index contributed by atoms with van der Waals surface area (Å²) in [5.41, 5.74) is 0.837. The fraction of sp³-hybridized carbons (Fsp3) is 0.929. The van der Waals surface area contributed by atoms with Gasteiger partial charge in [0.25, 0.3) is 0 Å². The zero-order chi connectivity index (χ0) is 21.5. The highest BCUT2D eigenvalue weighted by molar-refractivity contribution is 5.24. The van der Waals surface area contributed by atoms with Crippen molar-refractivity contribution in [1.29, 1.82) is 0 Å². The molecule has 1 saturated heterocycles. The summed E-state index contributed by atoms with van der Waals surface area (Å²) in [5, 5.41) is 10.4. The summed E-state index contributed by atoms with van der Waals surface area (Å²) >= 11 is 0. The fourth-order valence-corrected chi connectivity index (χ4v) is 9.27. The SMILES string of the molecule is CC(C)[C@@H](C)/C=C/[C@@H](C)C1CCC2C3C[C@H]4O[C@]45C[C@@H](O)CC[C@]5(C)C3CC[C@@]21C. The van der Waals surface area contributed by atoms with E-state index in [0.717, 1.165) is 42.4 Å². The van der Waals surface area contributed by atoms with Gasteiger partial charge >= 0.3 is 0 Å². The summed E-state index contributed by atoms with van der Waals surface area (Å²) in [5.74, 6) is 5.48. The van der Waals surface area contributed by atoms with E-state index in [1.165, 1.54) is 38.5 Å². The molecule has 0 aromatic carbocycles. The highest BCUT2D eigenvalue weighted by Crippen LogP contribution is 2.74. The maximum atomic E-state index is 10.4. The Morgan fingerprint density at radius 2 is 1.70 bits per heavy atom. The Bertz CT molecular complexity index is 699. The second-order valence-electron chi connectivity index (χ2n) is 13.0. The van der Waals surface area contributed by atoms with Gasteiger partial charge in [-0.2, -0.15) is 0 Å². The Balaban J connectivity index is 1.36. The van der Waals surface area contributed by atoms with Gasteiger partial charge in [-0.05, 0) is 91.8 Å². The Morgan fingerprint density at radius 1 is 0.933 bits per heavy atom. The second-order valence-corrected chi connectivity index (χ2v) is 13.0. The first-order valence-corrected chi connectivity index (χ1v) is 13.2. The van der Waals surface area contributed by atoms with Gasteiger partial charge < -0.3 is 9.84 Å². The molecule has 30 heavy (non-hydrogen) atoms. The van der Waals surface area contributed by atoms with Crippen molar-refractivity contribution in [2.24, 2.45) is 52.3 Å². The Kier molecular flexibility index (Phi) is 5.07. The Hall–Kier alpha value is -0.340. The lowest BCUT2D eigenvalue weighted by atomic mass is 9.44. The molecule has 0 bridgehead atoms. The van der Waals surface area contributed by atoms with Gasteiger partial charge in [0.05, 0.1) is 12.2 Å². The summed E-state index contributed by atoms with van der Waals surface area (Å²) in [6.45, 7) is 14.7. The highest BCUT2D eigenvalue weighted by atomic mass is 16.6. The first-order chi connectivity index (χ1) is 14.1. The maximum Gasteiger partial charge on any atom is 0.103 e. The van der Waals surface area contributed by atoms with Gasteiger partial charge in [0, 0.05) is 11.8 Å². The van der Waals surface area contributed by atoms with E-state index >= 15 is 0 Å². The molecule has 4 aliphatic carbocycles. The van der Waals surface area contributed by atoms with Crippen molar-refractivity contribution >= 4 is 0 Å². The summed E-state index contributed by atoms with van der Waals surface area (Å²) < 4.78 is 6.51. The van der Waals surface area contributed by atoms with Crippen LogP contribution in [0.1, 0.15) is 92.9 Å². The molecular formula is C28H46O2. The van der Waals surface area contributed by atoms with Crippen molar-refractivity contribution in [3.63, 3.8) is 0 Å². The molecule has 5 fully saturated rings. The number of rotatable bonds is 4. The quantitative estimate of drug-likeness (QED) is 0.414. The van der Waals surface area contributed by atoms with Crippen LogP contribution in [0.25, 0.3) is 0 Å². The zero-order valence-corrected chi connectivity index (χ0v) is 20.4. The van der Waals surface area contributed by atoms with E-state index in [1.807, 2.05) is 0 Å². The number of hydrogen-bond acceptors (Lipinski definition) is 2. The first-order valence-electron chi connectivity index (χ1n) is 13.2. The third kappa shape index (κ3) is 2.88. The van der Waals surface area contributed by atoms with Crippen molar-refractivity contribution in [3.8, 4) is 0 Å². The standard InChI is InChI=1S/C28H46O2/c1-17(2)18(3)7-8-19(4)22-9-10-23-21-15-25-28(30-25)16-20(29)11-14-27(28,6)24(21)12-13-26(22,23)5/h7-8,17-25,29H,9-16H2,1-6H3/b8-7+/t18-,19+,20-,21?,22?,23?,24?,25+,26+,27+,28+/m0/s1. The molecule has 0 amide bonds. The van der Waals surface area contributed by atoms with Gasteiger partial charge in [0.15, 0.2) is 0 Å². The molecule has 1 spiro atoms. The monoisotopic (exact) mass is 414 g/mol. The van der Waals surface area contributed by atoms with E-state index in [2.05, 4.69) is 53.7 Å². The molecule has 4 unspecified atom stereocenters. The number of fused-ring (bicyclic) bond motifs is 4. The van der Waals surface area contributed by atoms with E-state index in [0.29, 0.717) is 28.8 Å². The Morgan fingerprint density at radius 3 is 2.43 bits per heavy atom. The van der Waals surface area contributed by atoms with Crippen molar-refractivity contribution < 1.29 is 9.84 Å². The third-order valence-electron chi connectivity index (χ3n) is 11.5. The van der Waals surface area contributed by atoms with Gasteiger partial charge in [-0.3, -0.25) is 0 Å². The van der Waals surface area contributed by atoms with Gasteiger partial charge in [-0.1, -0.05) is 53.7 Å². The van der Waals surface area contributed by atoms with Crippen molar-refractivity contribution in [2.75, 3.05) is 0 Å². The lowest BCUT2D eigenvalue weighted by Gasteiger charge is -2.59. The van der Waals surface area contributed by atoms with E-state index in [9.17, 15) is 5.11 Å². The minimum Gasteiger partial charge on any atom is -0.393 e. The number of aliphatic hydroxyl groups excluding tert-OH is 1. The molecule has 11 atom stereocenters. The van der Waals surface area contributed by atoms with Crippen LogP contribution in [0.15, 0.2) is 12.2 Å². The maximum absolute atomic E-state index is 10.4. The third-order valence-corrected chi connectivity index (χ3v) is 11.5. The summed E-state index contributed by atoms with van der Waals surface area (Å²) in [6.07, 6.45) is 15.3. The van der Waals surface area contributed by atoms with Gasteiger partial charge in [-0.25, -0.2) is 0 Å². The highest BCUT2D eigenvalue weighted by Gasteiger charge is 2.76. The Labute approximate surface area is 185 Å². The number of hydrogen-bond donors (Lipinski definition) is 1. The van der Waals surface area contributed by atoms with E-state index < -0.39 is 0 Å². The molecule has 0 radical (unpaired) electrons. The van der Waals surface area contributed by atoms with Gasteiger partial charge in [-0.15, -0.1) is 0 Å². The van der Waals surface area contributed by atoms with Crippen LogP contribution in [-0.4, -0.2) is 22.9 Å². The minimum atomic E-state index is -0.134. The molecule has 2 heteroatoms. The van der Waals surface area contributed by atoms with Crippen LogP contribution in [0.4, 0.5) is 0 Å². The average molecular weight is 415 g/mol. The lowest BCUT2D eigenvalue weighted by Crippen LogP contribution is -2.58. The number of aliphatic hydroxyl groups is 1. The van der Waals surface area contributed by atoms with Crippen LogP contribution in [0.3, 0.4) is 0 Å². The normalized spacial score (nSPS) is 54.3. The molecule has 1 aliphatic heterocycles. The average Bonchev–Trinajstić information content (AvgIpc) is 3.27. The van der Waals surface area contributed by atoms with E-state index in [-0.39, 0.29) is 11.7 Å². The molecule has 0 aromatic rings. The van der Waals surface area contributed by atoms with Crippen LogP contribution < -0.4 is 0 Å². The van der Waals surface area contributed by atoms with Crippen molar-refractivity contribution in [1.82, 2.24) is 0 Å². The summed E-state index contributed by atoms with van der Waals surface area (Å²) in [6, 6.07) is 0. The van der Waals surface area contributed by atoms with Crippen molar-refractivity contribution in [3.05, 3.63) is 12.2 Å². The summed E-state index contributed by atoms with van der Waals surface area (Å²) in [4.78, 5) is 0. The largest absolute Gasteiger partial charge is 0.393 e. The minimum absolute atomic E-state index is 0.0284. The molecule has 170 valence electrons. The molecular weight excluding hydrogens is 368 g/mol. The van der Waals surface area contributed by atoms with Gasteiger partial charge in [0.1, 0.15) is 5.60 Å². The fourth-order valence-electron chi connectivity index (χ4n) is 9.27. The smallest absolute Gasteiger partial charge is 0.103 e. The predicted molar refractivity (Wildman–Crippen MR) is 123 cm³/mol. The number of ether oxygens (including phenoxy) is 1. The summed E-state index contributed by atoms with van der Waals surface area (Å²) in [7, 11) is 0. The topological polar surface area (TPSA) is 32.8 Å². The second kappa shape index (κ2) is 7.08. The number of allylic oxidation sites excluding steroid dienone is 2. The van der Waals surface area contributed by atoms with Crippen molar-refractivity contribution in [2.45, 2.75) is 111 Å². The molecule has 5 rings (SSSR count). The van der Waals surface area contributed by atoms with E-state index in [1.54, 1.807) is 0 Å². The molecule has 2 nitrogen and oxygen atoms in total. The van der Waals surface area contributed by atoms with Crippen LogP contribution in [0.5, 0.6) is 0 Å².